The molecule has 0 radical (unpaired) electrons. The molecule has 0 spiro atoms. The second-order valence-corrected chi connectivity index (χ2v) is 3.86. The molecule has 1 rings (SSSR count). The van der Waals surface area contributed by atoms with Gasteiger partial charge in [-0.3, -0.25) is 4.90 Å². The van der Waals surface area contributed by atoms with Crippen LogP contribution in [0.4, 0.5) is 0 Å². The fraction of sp³-hybridized carbons (Fsp3) is 0.889. The largest absolute Gasteiger partial charge is 0.479 e. The lowest BCUT2D eigenvalue weighted by atomic mass is 10.00. The van der Waals surface area contributed by atoms with Crippen molar-refractivity contribution in [1.29, 1.82) is 0 Å². The SMILES string of the molecule is CC1CCCN(CC(O)C(=O)O)C1. The molecule has 1 fully saturated rings. The van der Waals surface area contributed by atoms with Gasteiger partial charge in [-0.1, -0.05) is 6.92 Å². The number of likely N-dealkylation sites (tertiary alicyclic amines) is 1. The van der Waals surface area contributed by atoms with Crippen LogP contribution in [0.1, 0.15) is 19.8 Å². The lowest BCUT2D eigenvalue weighted by Crippen LogP contribution is -2.41. The van der Waals surface area contributed by atoms with Gasteiger partial charge in [0.25, 0.3) is 0 Å². The van der Waals surface area contributed by atoms with E-state index in [1.54, 1.807) is 0 Å². The average Bonchev–Trinajstić information content (AvgIpc) is 2.04. The smallest absolute Gasteiger partial charge is 0.333 e. The van der Waals surface area contributed by atoms with Gasteiger partial charge in [-0.2, -0.15) is 0 Å². The van der Waals surface area contributed by atoms with Gasteiger partial charge in [0.15, 0.2) is 6.10 Å². The third-order valence-corrected chi connectivity index (χ3v) is 2.46. The van der Waals surface area contributed by atoms with Gasteiger partial charge < -0.3 is 10.2 Å². The van der Waals surface area contributed by atoms with Crippen molar-refractivity contribution in [3.05, 3.63) is 0 Å². The molecular weight excluding hydrogens is 170 g/mol. The number of nitrogens with zero attached hydrogens (tertiary/aromatic N) is 1. The second-order valence-electron chi connectivity index (χ2n) is 3.86. The Balaban J connectivity index is 2.31. The Labute approximate surface area is 78.2 Å². The van der Waals surface area contributed by atoms with E-state index in [1.165, 1.54) is 6.42 Å². The van der Waals surface area contributed by atoms with Gasteiger partial charge in [0.2, 0.25) is 0 Å². The number of aliphatic hydroxyl groups is 1. The highest BCUT2D eigenvalue weighted by Gasteiger charge is 2.21. The van der Waals surface area contributed by atoms with Crippen molar-refractivity contribution in [2.24, 2.45) is 5.92 Å². The summed E-state index contributed by atoms with van der Waals surface area (Å²) in [5.41, 5.74) is 0. The summed E-state index contributed by atoms with van der Waals surface area (Å²) in [4.78, 5) is 12.4. The Hall–Kier alpha value is -0.610. The molecule has 0 aromatic carbocycles. The molecule has 2 unspecified atom stereocenters. The summed E-state index contributed by atoms with van der Waals surface area (Å²) >= 11 is 0. The number of aliphatic carboxylic acids is 1. The topological polar surface area (TPSA) is 60.8 Å². The third-order valence-electron chi connectivity index (χ3n) is 2.46. The van der Waals surface area contributed by atoms with Crippen molar-refractivity contribution in [3.63, 3.8) is 0 Å². The van der Waals surface area contributed by atoms with Gasteiger partial charge >= 0.3 is 5.97 Å². The molecule has 1 aliphatic rings. The molecule has 0 bridgehead atoms. The van der Waals surface area contributed by atoms with Crippen molar-refractivity contribution in [3.8, 4) is 0 Å². The van der Waals surface area contributed by atoms with Crippen LogP contribution in [0.3, 0.4) is 0 Å². The number of β-amino-alcohol motifs (C(OH)–C–C–N with tert-alkyl or cyclic N) is 1. The molecule has 76 valence electrons. The van der Waals surface area contributed by atoms with Crippen molar-refractivity contribution < 1.29 is 15.0 Å². The predicted molar refractivity (Wildman–Crippen MR) is 48.5 cm³/mol. The van der Waals surface area contributed by atoms with Crippen molar-refractivity contribution >= 4 is 5.97 Å². The number of rotatable bonds is 3. The molecule has 0 aromatic rings. The first-order chi connectivity index (χ1) is 6.09. The lowest BCUT2D eigenvalue weighted by Gasteiger charge is -2.31. The quantitative estimate of drug-likeness (QED) is 0.661. The third kappa shape index (κ3) is 3.32. The number of carboxylic acid groups (broad SMARTS) is 1. The maximum Gasteiger partial charge on any atom is 0.333 e. The maximum atomic E-state index is 10.4. The Kier molecular flexibility index (Phi) is 3.69. The van der Waals surface area contributed by atoms with Crippen LogP contribution in [0, 0.1) is 5.92 Å². The molecular formula is C9H17NO3. The number of carbonyl (C=O) groups is 1. The Morgan fingerprint density at radius 3 is 2.92 bits per heavy atom. The molecule has 0 amide bonds. The normalized spacial score (nSPS) is 27.1. The summed E-state index contributed by atoms with van der Waals surface area (Å²) < 4.78 is 0. The monoisotopic (exact) mass is 187 g/mol. The minimum Gasteiger partial charge on any atom is -0.479 e. The van der Waals surface area contributed by atoms with E-state index >= 15 is 0 Å². The second kappa shape index (κ2) is 4.58. The molecule has 1 saturated heterocycles. The summed E-state index contributed by atoms with van der Waals surface area (Å²) in [6.45, 7) is 4.23. The van der Waals surface area contributed by atoms with E-state index < -0.39 is 12.1 Å². The van der Waals surface area contributed by atoms with Crippen LogP contribution >= 0.6 is 0 Å². The van der Waals surface area contributed by atoms with Gasteiger partial charge in [0, 0.05) is 13.1 Å². The van der Waals surface area contributed by atoms with Gasteiger partial charge in [-0.15, -0.1) is 0 Å². The molecule has 1 heterocycles. The lowest BCUT2D eigenvalue weighted by molar-refractivity contribution is -0.147. The van der Waals surface area contributed by atoms with Crippen LogP contribution in [0.2, 0.25) is 0 Å². The first-order valence-electron chi connectivity index (χ1n) is 4.73. The highest BCUT2D eigenvalue weighted by Crippen LogP contribution is 2.15. The zero-order valence-electron chi connectivity index (χ0n) is 7.94. The van der Waals surface area contributed by atoms with Crippen molar-refractivity contribution in [2.45, 2.75) is 25.9 Å². The van der Waals surface area contributed by atoms with Crippen LogP contribution in [0.15, 0.2) is 0 Å². The van der Waals surface area contributed by atoms with E-state index in [9.17, 15) is 4.79 Å². The molecule has 1 aliphatic heterocycles. The highest BCUT2D eigenvalue weighted by molar-refractivity contribution is 5.72. The molecule has 4 nitrogen and oxygen atoms in total. The number of carboxylic acids is 1. The first kappa shape index (κ1) is 10.5. The Morgan fingerprint density at radius 2 is 2.38 bits per heavy atom. The zero-order chi connectivity index (χ0) is 9.84. The summed E-state index contributed by atoms with van der Waals surface area (Å²) in [5.74, 6) is -0.507. The summed E-state index contributed by atoms with van der Waals surface area (Å²) in [6, 6.07) is 0. The maximum absolute atomic E-state index is 10.4. The molecule has 13 heavy (non-hydrogen) atoms. The minimum atomic E-state index is -1.23. The van der Waals surface area contributed by atoms with Gasteiger partial charge in [-0.05, 0) is 25.3 Å². The Morgan fingerprint density at radius 1 is 1.69 bits per heavy atom. The highest BCUT2D eigenvalue weighted by atomic mass is 16.4. The fourth-order valence-electron chi connectivity index (χ4n) is 1.78. The van der Waals surface area contributed by atoms with E-state index in [-0.39, 0.29) is 6.54 Å². The zero-order valence-corrected chi connectivity index (χ0v) is 7.94. The van der Waals surface area contributed by atoms with E-state index in [1.807, 2.05) is 4.90 Å². The van der Waals surface area contributed by atoms with Crippen molar-refractivity contribution in [2.75, 3.05) is 19.6 Å². The van der Waals surface area contributed by atoms with Gasteiger partial charge in [0.1, 0.15) is 0 Å². The number of hydrogen-bond acceptors (Lipinski definition) is 3. The molecule has 2 atom stereocenters. The van der Waals surface area contributed by atoms with E-state index in [0.717, 1.165) is 19.5 Å². The number of aliphatic hydroxyl groups excluding tert-OH is 1. The molecule has 0 aromatic heterocycles. The summed E-state index contributed by atoms with van der Waals surface area (Å²) in [6.07, 6.45) is 1.08. The van der Waals surface area contributed by atoms with E-state index in [0.29, 0.717) is 5.92 Å². The molecule has 0 aliphatic carbocycles. The molecule has 0 saturated carbocycles. The summed E-state index contributed by atoms with van der Waals surface area (Å²) in [5, 5.41) is 17.6. The van der Waals surface area contributed by atoms with Crippen LogP contribution < -0.4 is 0 Å². The molecule has 2 N–H and O–H groups in total. The summed E-state index contributed by atoms with van der Waals surface area (Å²) in [7, 11) is 0. The number of piperidine rings is 1. The minimum absolute atomic E-state index is 0.264. The van der Waals surface area contributed by atoms with Crippen LogP contribution in [0.25, 0.3) is 0 Å². The van der Waals surface area contributed by atoms with Gasteiger partial charge in [0.05, 0.1) is 0 Å². The van der Waals surface area contributed by atoms with Gasteiger partial charge in [-0.25, -0.2) is 4.79 Å². The molecule has 4 heteroatoms. The standard InChI is InChI=1S/C9H17NO3/c1-7-3-2-4-10(5-7)6-8(11)9(12)13/h7-8,11H,2-6H2,1H3,(H,12,13). The van der Waals surface area contributed by atoms with Crippen molar-refractivity contribution in [1.82, 2.24) is 4.90 Å². The van der Waals surface area contributed by atoms with Crippen LogP contribution in [-0.4, -0.2) is 46.8 Å². The van der Waals surface area contributed by atoms with E-state index in [2.05, 4.69) is 6.92 Å². The average molecular weight is 187 g/mol. The van der Waals surface area contributed by atoms with Crippen LogP contribution in [-0.2, 0) is 4.79 Å². The Bertz CT molecular complexity index is 184. The fourth-order valence-corrected chi connectivity index (χ4v) is 1.78. The number of hydrogen-bond donors (Lipinski definition) is 2. The predicted octanol–water partition coefficient (Wildman–Crippen LogP) is 0.164. The van der Waals surface area contributed by atoms with Crippen LogP contribution in [0.5, 0.6) is 0 Å². The van der Waals surface area contributed by atoms with E-state index in [4.69, 9.17) is 10.2 Å². The first-order valence-corrected chi connectivity index (χ1v) is 4.73.